The highest BCUT2D eigenvalue weighted by molar-refractivity contribution is 14.1. The van der Waals surface area contributed by atoms with E-state index in [4.69, 9.17) is 0 Å². The first kappa shape index (κ1) is 12.1. The molecule has 0 saturated carbocycles. The minimum atomic E-state index is 0. The van der Waals surface area contributed by atoms with E-state index < -0.39 is 0 Å². The molecule has 0 heterocycles. The van der Waals surface area contributed by atoms with E-state index >= 15 is 0 Å². The molecular formula is C5H14BrISi. The van der Waals surface area contributed by atoms with Crippen molar-refractivity contribution in [2.75, 3.05) is 4.43 Å². The van der Waals surface area contributed by atoms with Crippen molar-refractivity contribution in [1.29, 1.82) is 0 Å². The zero-order valence-electron chi connectivity index (χ0n) is 4.45. The fraction of sp³-hybridized carbons (Fsp3) is 1.00. The summed E-state index contributed by atoms with van der Waals surface area (Å²) >= 11 is 5.93. The smallest absolute Gasteiger partial charge is 0.0150 e. The lowest BCUT2D eigenvalue weighted by atomic mass is 10.3. The van der Waals surface area contributed by atoms with E-state index in [1.165, 1.54) is 17.3 Å². The van der Waals surface area contributed by atoms with Crippen LogP contribution in [0.5, 0.6) is 0 Å². The Morgan fingerprint density at radius 3 is 2.25 bits per heavy atom. The minimum absolute atomic E-state index is 0. The van der Waals surface area contributed by atoms with Gasteiger partial charge in [0, 0.05) is 9.25 Å². The summed E-state index contributed by atoms with van der Waals surface area (Å²) in [6, 6.07) is 0. The van der Waals surface area contributed by atoms with Crippen molar-refractivity contribution in [3.05, 3.63) is 0 Å². The van der Waals surface area contributed by atoms with Crippen LogP contribution >= 0.6 is 38.5 Å². The SMILES string of the molecule is CCC(Br)CCI.[SiH4]. The first-order valence-electron chi connectivity index (χ1n) is 2.51. The largest absolute Gasteiger partial charge is 0.0891 e. The second-order valence-electron chi connectivity index (χ2n) is 1.48. The molecule has 0 aromatic rings. The van der Waals surface area contributed by atoms with Crippen LogP contribution in [0, 0.1) is 0 Å². The second kappa shape index (κ2) is 8.43. The molecule has 0 saturated heterocycles. The van der Waals surface area contributed by atoms with Gasteiger partial charge in [-0.3, -0.25) is 0 Å². The van der Waals surface area contributed by atoms with Gasteiger partial charge in [-0.1, -0.05) is 45.4 Å². The van der Waals surface area contributed by atoms with Crippen LogP contribution in [0.3, 0.4) is 0 Å². The Labute approximate surface area is 78.1 Å². The zero-order valence-corrected chi connectivity index (χ0v) is 8.20. The summed E-state index contributed by atoms with van der Waals surface area (Å²) in [5.41, 5.74) is 0. The Balaban J connectivity index is 0. The van der Waals surface area contributed by atoms with Crippen molar-refractivity contribution in [2.45, 2.75) is 24.6 Å². The molecule has 0 nitrogen and oxygen atoms in total. The third-order valence-corrected chi connectivity index (χ3v) is 2.59. The minimum Gasteiger partial charge on any atom is -0.0891 e. The molecular weight excluding hydrogens is 295 g/mol. The van der Waals surface area contributed by atoms with Gasteiger partial charge in [-0.2, -0.15) is 0 Å². The summed E-state index contributed by atoms with van der Waals surface area (Å²) in [4.78, 5) is 0.754. The Kier molecular flexibility index (Phi) is 12.8. The molecule has 0 aliphatic heterocycles. The fourth-order valence-electron chi connectivity index (χ4n) is 0.323. The van der Waals surface area contributed by atoms with Crippen molar-refractivity contribution in [2.24, 2.45) is 0 Å². The highest BCUT2D eigenvalue weighted by Crippen LogP contribution is 2.09. The maximum absolute atomic E-state index is 3.53. The van der Waals surface area contributed by atoms with Crippen LogP contribution in [0.25, 0.3) is 0 Å². The van der Waals surface area contributed by atoms with E-state index in [1.54, 1.807) is 0 Å². The Morgan fingerprint density at radius 1 is 1.62 bits per heavy atom. The molecule has 1 unspecified atom stereocenters. The molecule has 52 valence electrons. The topological polar surface area (TPSA) is 0 Å². The number of alkyl halides is 2. The van der Waals surface area contributed by atoms with Gasteiger partial charge in [0.15, 0.2) is 0 Å². The quantitative estimate of drug-likeness (QED) is 0.421. The summed E-state index contributed by atoms with van der Waals surface area (Å²) in [6.07, 6.45) is 2.56. The predicted molar refractivity (Wildman–Crippen MR) is 57.8 cm³/mol. The van der Waals surface area contributed by atoms with Gasteiger partial charge in [0.25, 0.3) is 0 Å². The first-order valence-corrected chi connectivity index (χ1v) is 4.95. The van der Waals surface area contributed by atoms with E-state index in [9.17, 15) is 0 Å². The van der Waals surface area contributed by atoms with Crippen LogP contribution < -0.4 is 0 Å². The molecule has 0 rings (SSSR count). The van der Waals surface area contributed by atoms with Gasteiger partial charge < -0.3 is 0 Å². The maximum Gasteiger partial charge on any atom is 0.0150 e. The lowest BCUT2D eigenvalue weighted by molar-refractivity contribution is 0.819. The third-order valence-electron chi connectivity index (χ3n) is 0.865. The van der Waals surface area contributed by atoms with Crippen molar-refractivity contribution in [1.82, 2.24) is 0 Å². The number of halogens is 2. The normalized spacial score (nSPS) is 12.4. The number of rotatable bonds is 3. The first-order chi connectivity index (χ1) is 3.31. The average Bonchev–Trinajstić information content (AvgIpc) is 1.68. The molecule has 0 aromatic carbocycles. The molecule has 0 N–H and O–H groups in total. The van der Waals surface area contributed by atoms with Crippen molar-refractivity contribution >= 4 is 49.5 Å². The van der Waals surface area contributed by atoms with E-state index in [-0.39, 0.29) is 11.0 Å². The highest BCUT2D eigenvalue weighted by atomic mass is 127. The summed E-state index contributed by atoms with van der Waals surface area (Å²) in [6.45, 7) is 2.20. The molecule has 0 aliphatic rings. The third kappa shape index (κ3) is 7.43. The summed E-state index contributed by atoms with van der Waals surface area (Å²) in [7, 11) is 0. The van der Waals surface area contributed by atoms with Crippen LogP contribution in [0.4, 0.5) is 0 Å². The van der Waals surface area contributed by atoms with Gasteiger partial charge in [0.2, 0.25) is 0 Å². The Morgan fingerprint density at radius 2 is 2.12 bits per heavy atom. The standard InChI is InChI=1S/C5H10BrI.H4Si/c1-2-5(6)3-4-7;/h5H,2-4H2,1H3;1H4. The monoisotopic (exact) mass is 308 g/mol. The molecule has 3 heteroatoms. The van der Waals surface area contributed by atoms with Crippen molar-refractivity contribution in [3.8, 4) is 0 Å². The van der Waals surface area contributed by atoms with Gasteiger partial charge in [0.1, 0.15) is 0 Å². The molecule has 0 aromatic heterocycles. The van der Waals surface area contributed by atoms with Gasteiger partial charge in [0.05, 0.1) is 0 Å². The van der Waals surface area contributed by atoms with Gasteiger partial charge in [-0.25, -0.2) is 0 Å². The molecule has 0 spiro atoms. The summed E-state index contributed by atoms with van der Waals surface area (Å²) < 4.78 is 1.27. The van der Waals surface area contributed by atoms with Crippen LogP contribution in [0.15, 0.2) is 0 Å². The summed E-state index contributed by atoms with van der Waals surface area (Å²) in [5, 5.41) is 0. The predicted octanol–water partition coefficient (Wildman–Crippen LogP) is 1.53. The van der Waals surface area contributed by atoms with E-state index in [0.29, 0.717) is 0 Å². The fourth-order valence-corrected chi connectivity index (χ4v) is 2.16. The van der Waals surface area contributed by atoms with Crippen LogP contribution in [-0.4, -0.2) is 20.2 Å². The van der Waals surface area contributed by atoms with Gasteiger partial charge in [-0.05, 0) is 23.8 Å². The number of hydrogen-bond donors (Lipinski definition) is 0. The maximum atomic E-state index is 3.53. The van der Waals surface area contributed by atoms with E-state index in [2.05, 4.69) is 45.4 Å². The average molecular weight is 309 g/mol. The Bertz CT molecular complexity index is 43.4. The van der Waals surface area contributed by atoms with Gasteiger partial charge >= 0.3 is 0 Å². The molecule has 0 aliphatic carbocycles. The molecule has 0 fully saturated rings. The molecule has 0 radical (unpaired) electrons. The molecule has 0 amide bonds. The Hall–Kier alpha value is 1.43. The van der Waals surface area contributed by atoms with Crippen LogP contribution in [-0.2, 0) is 0 Å². The lowest BCUT2D eigenvalue weighted by Crippen LogP contribution is -1.93. The van der Waals surface area contributed by atoms with Crippen molar-refractivity contribution in [3.63, 3.8) is 0 Å². The van der Waals surface area contributed by atoms with E-state index in [0.717, 1.165) is 4.83 Å². The molecule has 1 atom stereocenters. The highest BCUT2D eigenvalue weighted by Gasteiger charge is 1.95. The van der Waals surface area contributed by atoms with Crippen molar-refractivity contribution < 1.29 is 0 Å². The number of hydrogen-bond acceptors (Lipinski definition) is 0. The van der Waals surface area contributed by atoms with Crippen LogP contribution in [0.1, 0.15) is 19.8 Å². The lowest BCUT2D eigenvalue weighted by Gasteiger charge is -1.99. The summed E-state index contributed by atoms with van der Waals surface area (Å²) in [5.74, 6) is 0. The zero-order chi connectivity index (χ0) is 5.70. The van der Waals surface area contributed by atoms with Gasteiger partial charge in [-0.15, -0.1) is 0 Å². The van der Waals surface area contributed by atoms with E-state index in [1.807, 2.05) is 0 Å². The second-order valence-corrected chi connectivity index (χ2v) is 3.86. The molecule has 0 bridgehead atoms. The molecule has 8 heavy (non-hydrogen) atoms. The van der Waals surface area contributed by atoms with Crippen LogP contribution in [0.2, 0.25) is 0 Å².